The van der Waals surface area contributed by atoms with Gasteiger partial charge in [-0.25, -0.2) is 4.79 Å². The molecule has 0 spiro atoms. The molecule has 336 valence electrons. The molecule has 3 rings (SSSR count). The number of aliphatic imine (C=N–C) groups is 1. The Kier molecular flexibility index (Phi) is 24.4. The summed E-state index contributed by atoms with van der Waals surface area (Å²) in [5, 5.41) is 20.1. The van der Waals surface area contributed by atoms with Gasteiger partial charge in [0, 0.05) is 72.7 Å². The van der Waals surface area contributed by atoms with Gasteiger partial charge < -0.3 is 29.1 Å². The second kappa shape index (κ2) is 32.0. The van der Waals surface area contributed by atoms with Crippen molar-refractivity contribution < 1.29 is 82.6 Å². The minimum Gasteiger partial charge on any atom is -0.458 e. The molecule has 4 N–H and O–H groups in total. The van der Waals surface area contributed by atoms with Gasteiger partial charge in [0.25, 0.3) is 0 Å². The minimum atomic E-state index is -2.90. The van der Waals surface area contributed by atoms with Crippen molar-refractivity contribution in [3.8, 4) is 0 Å². The summed E-state index contributed by atoms with van der Waals surface area (Å²) in [6.45, 7) is 1.95. The molecule has 2 aliphatic heterocycles. The van der Waals surface area contributed by atoms with Crippen LogP contribution in [-0.4, -0.2) is 102 Å². The molecule has 15 nitrogen and oxygen atoms in total. The van der Waals surface area contributed by atoms with Crippen LogP contribution in [0, 0.1) is 36.5 Å². The Bertz CT molecular complexity index is 1710. The van der Waals surface area contributed by atoms with Crippen molar-refractivity contribution in [2.24, 2.45) is 4.99 Å². The number of likely N-dealkylation sites (N-methyl/N-ethyl adjacent to an activating group) is 2. The van der Waals surface area contributed by atoms with Gasteiger partial charge in [-0.05, 0) is 98.0 Å². The van der Waals surface area contributed by atoms with Crippen molar-refractivity contribution in [1.82, 2.24) is 20.4 Å². The summed E-state index contributed by atoms with van der Waals surface area (Å²) >= 11 is 0. The molecule has 1 aromatic carbocycles. The molecule has 0 aliphatic carbocycles. The van der Waals surface area contributed by atoms with E-state index in [4.69, 9.17) is 33.0 Å². The van der Waals surface area contributed by atoms with Gasteiger partial charge in [-0.3, -0.25) is 35.2 Å². The minimum absolute atomic E-state index is 0. The van der Waals surface area contributed by atoms with Crippen molar-refractivity contribution >= 4 is 41.8 Å². The predicted octanol–water partition coefficient (Wildman–Crippen LogP) is 7.16. The summed E-state index contributed by atoms with van der Waals surface area (Å²) in [6.07, 6.45) is 15.2. The zero-order valence-corrected chi connectivity index (χ0v) is 40.4. The molecule has 0 radical (unpaired) electrons. The molecule has 16 heteroatoms. The molecule has 3 amide bonds. The smallest absolute Gasteiger partial charge is 0.437 e. The van der Waals surface area contributed by atoms with Gasteiger partial charge in [0.1, 0.15) is 30.9 Å². The van der Waals surface area contributed by atoms with E-state index in [2.05, 4.69) is 27.8 Å². The van der Waals surface area contributed by atoms with Crippen molar-refractivity contribution in [3.05, 3.63) is 48.0 Å². The van der Waals surface area contributed by atoms with Crippen LogP contribution in [0.25, 0.3) is 0 Å². The molecule has 1 aromatic rings. The van der Waals surface area contributed by atoms with Crippen molar-refractivity contribution in [3.63, 3.8) is 0 Å². The van der Waals surface area contributed by atoms with E-state index in [0.717, 1.165) is 64.2 Å². The Morgan fingerprint density at radius 3 is 1.85 bits per heavy atom. The molecular formula is C44H72N6O9U. The van der Waals surface area contributed by atoms with E-state index in [9.17, 15) is 24.0 Å². The van der Waals surface area contributed by atoms with Gasteiger partial charge in [-0.1, -0.05) is 74.6 Å². The Morgan fingerprint density at radius 2 is 1.27 bits per heavy atom. The third-order valence-electron chi connectivity index (χ3n) is 8.82. The summed E-state index contributed by atoms with van der Waals surface area (Å²) in [4.78, 5) is 66.7. The first-order valence-electron chi connectivity index (χ1n) is 23.6. The Hall–Kier alpha value is -3.74. The second-order valence-electron chi connectivity index (χ2n) is 15.5. The first-order chi connectivity index (χ1) is 30.4. The zero-order valence-electron chi connectivity index (χ0n) is 42.2. The van der Waals surface area contributed by atoms with E-state index in [1.807, 2.05) is 6.07 Å². The van der Waals surface area contributed by atoms with Gasteiger partial charge >= 0.3 is 18.0 Å². The summed E-state index contributed by atoms with van der Waals surface area (Å²) in [6, 6.07) is 8.86. The van der Waals surface area contributed by atoms with Crippen LogP contribution in [0.5, 0.6) is 0 Å². The van der Waals surface area contributed by atoms with Crippen LogP contribution in [0.15, 0.2) is 47.5 Å². The Balaban J connectivity index is 0.00000124. The number of carbonyl (C=O) groups excluding carboxylic acids is 5. The van der Waals surface area contributed by atoms with Gasteiger partial charge in [0.15, 0.2) is 5.96 Å². The molecule has 0 unspecified atom stereocenters. The van der Waals surface area contributed by atoms with Crippen LogP contribution in [0.2, 0.25) is 0 Å². The third kappa shape index (κ3) is 28.7. The number of guanidine groups is 2. The third-order valence-corrected chi connectivity index (χ3v) is 8.82. The largest absolute Gasteiger partial charge is 0.458 e. The first-order valence-corrected chi connectivity index (χ1v) is 20.6. The maximum atomic E-state index is 12.7. The van der Waals surface area contributed by atoms with Crippen LogP contribution in [0.3, 0.4) is 0 Å². The number of aliphatic hydroxyl groups is 1. The van der Waals surface area contributed by atoms with Crippen molar-refractivity contribution in [2.45, 2.75) is 155 Å². The maximum Gasteiger partial charge on any atom is 0.437 e. The van der Waals surface area contributed by atoms with Crippen LogP contribution in [-0.2, 0) is 40.0 Å². The normalized spacial score (nSPS) is 22.5. The number of rotatable bonds is 2. The number of nitrogens with zero attached hydrogens (tertiary/aromatic N) is 3. The van der Waals surface area contributed by atoms with Crippen LogP contribution >= 0.6 is 0 Å². The van der Waals surface area contributed by atoms with Crippen LogP contribution < -0.4 is 10.6 Å². The zero-order chi connectivity index (χ0) is 49.1. The Morgan fingerprint density at radius 1 is 0.783 bits per heavy atom. The number of amides is 3. The molecule has 1 fully saturated rings. The molecule has 0 aromatic heterocycles. The number of cyclic esters (lactones) is 2. The predicted molar refractivity (Wildman–Crippen MR) is 229 cm³/mol. The molecule has 2 aliphatic rings. The molecular weight excluding hydrogens is 995 g/mol. The molecule has 0 atom stereocenters. The second-order valence-corrected chi connectivity index (χ2v) is 15.5. The number of hydrogen-bond donors (Lipinski definition) is 4. The Labute approximate surface area is 390 Å². The van der Waals surface area contributed by atoms with Gasteiger partial charge in [-0.2, -0.15) is 0 Å². The summed E-state index contributed by atoms with van der Waals surface area (Å²) in [5.74, 6) is -3.68. The number of nitrogens with one attached hydrogen (secondary N) is 3. The van der Waals surface area contributed by atoms with E-state index < -0.39 is 80.0 Å². The van der Waals surface area contributed by atoms with Crippen LogP contribution in [0.1, 0.15) is 151 Å². The molecule has 0 bridgehead atoms. The van der Waals surface area contributed by atoms with Gasteiger partial charge in [0.2, 0.25) is 17.8 Å². The quantitative estimate of drug-likeness (QED) is 0.133. The number of aliphatic hydroxyl groups excluding tert-OH is 1. The van der Waals surface area contributed by atoms with E-state index >= 15 is 0 Å². The number of hydrogen-bond acceptors (Lipinski definition) is 10. The number of carbonyl (C=O) groups is 5. The maximum absolute atomic E-state index is 12.7. The molecule has 1 saturated heterocycles. The SMILES string of the molecule is CCO.[2H]C([2H])([2H])N1CC(=O)OC(C)(C)CCC/C=C/CCCCC(=O)NC1=NC(=O)OCc1ccccc1.[2H]C([2H])([2H])N1CC(=O)OC(C)(C)CCCCCCCCCC(=O)NC1=N.[U]. The van der Waals surface area contributed by atoms with E-state index in [-0.39, 0.29) is 57.2 Å². The molecule has 60 heavy (non-hydrogen) atoms. The molecule has 2 heterocycles. The number of esters is 2. The van der Waals surface area contributed by atoms with E-state index in [1.54, 1.807) is 58.9 Å². The number of ether oxygens (including phenoxy) is 3. The van der Waals surface area contributed by atoms with Crippen molar-refractivity contribution in [2.75, 3.05) is 33.6 Å². The number of benzene rings is 1. The van der Waals surface area contributed by atoms with E-state index in [0.29, 0.717) is 41.0 Å². The fourth-order valence-corrected chi connectivity index (χ4v) is 5.79. The topological polar surface area (TPSA) is 200 Å². The van der Waals surface area contributed by atoms with Crippen molar-refractivity contribution in [1.29, 1.82) is 5.41 Å². The summed E-state index contributed by atoms with van der Waals surface area (Å²) in [5.41, 5.74) is -0.817. The fraction of sp³-hybridized carbons (Fsp3) is 0.659. The van der Waals surface area contributed by atoms with Crippen LogP contribution in [0.4, 0.5) is 4.79 Å². The average Bonchev–Trinajstić information content (AvgIpc) is 3.19. The van der Waals surface area contributed by atoms with E-state index in [1.165, 1.54) is 0 Å². The fourth-order valence-electron chi connectivity index (χ4n) is 5.79. The molecule has 0 saturated carbocycles. The number of allylic oxidation sites excluding steroid dienone is 2. The summed E-state index contributed by atoms with van der Waals surface area (Å²) < 4.78 is 62.4. The first kappa shape index (κ1) is 45.8. The standard InChI is InChI=1S/C25H35N3O5.C17H31N3O3.C2H6O.U/c1-25(2)17-13-8-6-4-5-7-12-16-21(29)26-23(28(3)18-22(30)33-25)27-24(31)32-19-20-14-10-9-11-15-20;1-17(2)12-10-8-6-4-5-7-9-11-14(21)19-16(18)20(3)13-15(22)23-17;1-2-3;/h4,6,9-11,14-15H,5,7-8,12-13,16-19H2,1-3H3,(H,26,27,29,31);4-13H2,1-3H3,(H2,18,19,21);3H,2H2,1H3;/b6-4+;;;/i2*3D3;;. The van der Waals surface area contributed by atoms with Gasteiger partial charge in [0.05, 0.1) is 0 Å². The summed E-state index contributed by atoms with van der Waals surface area (Å²) in [7, 11) is 0. The van der Waals surface area contributed by atoms with Gasteiger partial charge in [-0.15, -0.1) is 4.99 Å². The average molecular weight is 1070 g/mol. The monoisotopic (exact) mass is 1070 g/mol.